The Hall–Kier alpha value is -3.60. The van der Waals surface area contributed by atoms with E-state index in [1.54, 1.807) is 30.3 Å². The molecule has 1 aromatic heterocycles. The highest BCUT2D eigenvalue weighted by atomic mass is 32.2. The van der Waals surface area contributed by atoms with Crippen LogP contribution in [0.2, 0.25) is 0 Å². The van der Waals surface area contributed by atoms with Crippen LogP contribution in [0.3, 0.4) is 0 Å². The summed E-state index contributed by atoms with van der Waals surface area (Å²) in [5.41, 5.74) is 0.578. The van der Waals surface area contributed by atoms with Gasteiger partial charge in [0.1, 0.15) is 11.5 Å². The minimum Gasteiger partial charge on any atom is -0.456 e. The molecule has 2 aromatic carbocycles. The van der Waals surface area contributed by atoms with E-state index in [9.17, 15) is 23.3 Å². The number of ether oxygens (including phenoxy) is 1. The summed E-state index contributed by atoms with van der Waals surface area (Å²) in [6.07, 6.45) is 2.76. The van der Waals surface area contributed by atoms with Crippen LogP contribution in [-0.4, -0.2) is 49.7 Å². The number of nitrogens with zero attached hydrogens (tertiary/aromatic N) is 2. The first kappa shape index (κ1) is 22.6. The van der Waals surface area contributed by atoms with Crippen LogP contribution in [-0.2, 0) is 14.8 Å². The molecule has 0 unspecified atom stereocenters. The van der Waals surface area contributed by atoms with Crippen molar-refractivity contribution in [2.75, 3.05) is 26.3 Å². The van der Waals surface area contributed by atoms with Gasteiger partial charge < -0.3 is 9.15 Å². The topological polar surface area (TPSA) is 120 Å². The first-order valence-electron chi connectivity index (χ1n) is 10.1. The van der Waals surface area contributed by atoms with Crippen molar-refractivity contribution in [3.05, 3.63) is 88.2 Å². The third-order valence-electron chi connectivity index (χ3n) is 5.14. The quantitative estimate of drug-likeness (QED) is 0.224. The third-order valence-corrected chi connectivity index (χ3v) is 7.05. The van der Waals surface area contributed by atoms with E-state index in [-0.39, 0.29) is 16.4 Å². The number of rotatable bonds is 7. The lowest BCUT2D eigenvalue weighted by atomic mass is 10.1. The number of ketones is 1. The smallest absolute Gasteiger partial charge is 0.280 e. The Morgan fingerprint density at radius 1 is 1.00 bits per heavy atom. The summed E-state index contributed by atoms with van der Waals surface area (Å²) in [5, 5.41) is 11.2. The highest BCUT2D eigenvalue weighted by molar-refractivity contribution is 7.89. The van der Waals surface area contributed by atoms with Gasteiger partial charge in [-0.05, 0) is 54.6 Å². The van der Waals surface area contributed by atoms with Gasteiger partial charge in [0.25, 0.3) is 5.69 Å². The Balaban J connectivity index is 1.47. The maximum Gasteiger partial charge on any atom is 0.280 e. The molecule has 0 radical (unpaired) electrons. The number of carbonyl (C=O) groups is 1. The van der Waals surface area contributed by atoms with Gasteiger partial charge >= 0.3 is 0 Å². The SMILES string of the molecule is O=C(/C=C/c1ccc(-c2ccccc2[N+](=O)[O-])o1)c1ccc(S(=O)(=O)N2CCOCC2)cc1. The fourth-order valence-corrected chi connectivity index (χ4v) is 4.82. The number of sulfonamides is 1. The maximum atomic E-state index is 12.7. The molecule has 0 aliphatic carbocycles. The van der Waals surface area contributed by atoms with Crippen LogP contribution in [0.25, 0.3) is 17.4 Å². The summed E-state index contributed by atoms with van der Waals surface area (Å²) in [4.78, 5) is 23.3. The number of nitro groups is 1. The Morgan fingerprint density at radius 3 is 2.39 bits per heavy atom. The van der Waals surface area contributed by atoms with Gasteiger partial charge in [0.2, 0.25) is 10.0 Å². The van der Waals surface area contributed by atoms with E-state index in [4.69, 9.17) is 9.15 Å². The number of allylic oxidation sites excluding steroid dienone is 1. The zero-order valence-electron chi connectivity index (χ0n) is 17.4. The first-order chi connectivity index (χ1) is 15.9. The number of para-hydroxylation sites is 1. The molecular weight excluding hydrogens is 448 g/mol. The molecule has 4 rings (SSSR count). The Morgan fingerprint density at radius 2 is 1.70 bits per heavy atom. The molecule has 1 fully saturated rings. The number of benzene rings is 2. The molecule has 0 saturated carbocycles. The van der Waals surface area contributed by atoms with Gasteiger partial charge in [0, 0.05) is 24.7 Å². The molecule has 0 N–H and O–H groups in total. The van der Waals surface area contributed by atoms with Crippen LogP contribution in [0.5, 0.6) is 0 Å². The number of carbonyl (C=O) groups excluding carboxylic acids is 1. The predicted octanol–water partition coefficient (Wildman–Crippen LogP) is 3.77. The van der Waals surface area contributed by atoms with E-state index in [2.05, 4.69) is 0 Å². The molecule has 0 bridgehead atoms. The number of nitro benzene ring substituents is 1. The van der Waals surface area contributed by atoms with Crippen molar-refractivity contribution in [3.63, 3.8) is 0 Å². The van der Waals surface area contributed by atoms with E-state index in [0.717, 1.165) is 0 Å². The lowest BCUT2D eigenvalue weighted by Crippen LogP contribution is -2.40. The molecule has 1 aliphatic rings. The summed E-state index contributed by atoms with van der Waals surface area (Å²) in [5.74, 6) is 0.323. The number of furan rings is 1. The van der Waals surface area contributed by atoms with Crippen molar-refractivity contribution in [1.82, 2.24) is 4.31 Å². The average Bonchev–Trinajstić information content (AvgIpc) is 3.32. The van der Waals surface area contributed by atoms with Gasteiger partial charge in [-0.2, -0.15) is 4.31 Å². The van der Waals surface area contributed by atoms with Crippen molar-refractivity contribution in [3.8, 4) is 11.3 Å². The lowest BCUT2D eigenvalue weighted by molar-refractivity contribution is -0.384. The number of morpholine rings is 1. The van der Waals surface area contributed by atoms with Crippen molar-refractivity contribution < 1.29 is 27.3 Å². The molecule has 2 heterocycles. The van der Waals surface area contributed by atoms with Crippen molar-refractivity contribution >= 4 is 27.6 Å². The molecule has 3 aromatic rings. The monoisotopic (exact) mass is 468 g/mol. The van der Waals surface area contributed by atoms with E-state index in [1.807, 2.05) is 0 Å². The van der Waals surface area contributed by atoms with Crippen LogP contribution in [0, 0.1) is 10.1 Å². The molecule has 0 amide bonds. The standard InChI is InChI=1S/C23H20N2O7S/c26-22(17-5-9-19(10-6-17)33(29,30)24-13-15-31-16-14-24)11-7-18-8-12-23(32-18)20-3-1-2-4-21(20)25(27)28/h1-12H,13-16H2/b11-7+. The molecule has 10 heteroatoms. The minimum atomic E-state index is -3.63. The summed E-state index contributed by atoms with van der Waals surface area (Å²) in [7, 11) is -3.63. The lowest BCUT2D eigenvalue weighted by Gasteiger charge is -2.26. The van der Waals surface area contributed by atoms with E-state index < -0.39 is 14.9 Å². The summed E-state index contributed by atoms with van der Waals surface area (Å²) in [6, 6.07) is 15.2. The largest absolute Gasteiger partial charge is 0.456 e. The molecule has 0 atom stereocenters. The van der Waals surface area contributed by atoms with Crippen molar-refractivity contribution in [2.24, 2.45) is 0 Å². The van der Waals surface area contributed by atoms with Gasteiger partial charge in [-0.1, -0.05) is 12.1 Å². The molecule has 0 spiro atoms. The van der Waals surface area contributed by atoms with Crippen LogP contribution < -0.4 is 0 Å². The minimum absolute atomic E-state index is 0.0782. The number of hydrogen-bond acceptors (Lipinski definition) is 7. The van der Waals surface area contributed by atoms with Crippen LogP contribution >= 0.6 is 0 Å². The molecule has 33 heavy (non-hydrogen) atoms. The number of hydrogen-bond donors (Lipinski definition) is 0. The fraction of sp³-hybridized carbons (Fsp3) is 0.174. The van der Waals surface area contributed by atoms with E-state index in [0.29, 0.717) is 49.0 Å². The van der Waals surface area contributed by atoms with Crippen molar-refractivity contribution in [2.45, 2.75) is 4.90 Å². The Bertz CT molecular complexity index is 1300. The molecule has 170 valence electrons. The normalized spacial score (nSPS) is 15.0. The zero-order valence-corrected chi connectivity index (χ0v) is 18.2. The molecule has 1 saturated heterocycles. The van der Waals surface area contributed by atoms with Gasteiger partial charge in [-0.3, -0.25) is 14.9 Å². The predicted molar refractivity (Wildman–Crippen MR) is 120 cm³/mol. The molecular formula is C23H20N2O7S. The maximum absolute atomic E-state index is 12.7. The van der Waals surface area contributed by atoms with Gasteiger partial charge in [0.05, 0.1) is 28.6 Å². The second-order valence-electron chi connectivity index (χ2n) is 7.21. The zero-order chi connectivity index (χ0) is 23.4. The Labute approximate surface area is 190 Å². The summed E-state index contributed by atoms with van der Waals surface area (Å²) >= 11 is 0. The van der Waals surface area contributed by atoms with E-state index >= 15 is 0 Å². The highest BCUT2D eigenvalue weighted by Crippen LogP contribution is 2.31. The third kappa shape index (κ3) is 4.92. The average molecular weight is 468 g/mol. The van der Waals surface area contributed by atoms with Gasteiger partial charge in [0.15, 0.2) is 5.78 Å². The molecule has 1 aliphatic heterocycles. The van der Waals surface area contributed by atoms with Crippen LogP contribution in [0.1, 0.15) is 16.1 Å². The van der Waals surface area contributed by atoms with Gasteiger partial charge in [-0.25, -0.2) is 8.42 Å². The van der Waals surface area contributed by atoms with Crippen LogP contribution in [0.4, 0.5) is 5.69 Å². The fourth-order valence-electron chi connectivity index (χ4n) is 3.41. The summed E-state index contributed by atoms with van der Waals surface area (Å²) in [6.45, 7) is 1.30. The second-order valence-corrected chi connectivity index (χ2v) is 9.15. The Kier molecular flexibility index (Phi) is 6.50. The van der Waals surface area contributed by atoms with Crippen molar-refractivity contribution in [1.29, 1.82) is 0 Å². The highest BCUT2D eigenvalue weighted by Gasteiger charge is 2.26. The van der Waals surface area contributed by atoms with Crippen LogP contribution in [0.15, 0.2) is 76.1 Å². The van der Waals surface area contributed by atoms with E-state index in [1.165, 1.54) is 46.8 Å². The second kappa shape index (κ2) is 9.49. The first-order valence-corrected chi connectivity index (χ1v) is 11.5. The van der Waals surface area contributed by atoms with Gasteiger partial charge in [-0.15, -0.1) is 0 Å². The molecule has 9 nitrogen and oxygen atoms in total. The summed E-state index contributed by atoms with van der Waals surface area (Å²) < 4.78 is 37.6.